The van der Waals surface area contributed by atoms with Gasteiger partial charge in [-0.15, -0.1) is 0 Å². The summed E-state index contributed by atoms with van der Waals surface area (Å²) in [6, 6.07) is 17.4. The number of rotatable bonds is 9. The summed E-state index contributed by atoms with van der Waals surface area (Å²) in [5, 5.41) is 16.7. The molecule has 1 aliphatic rings. The Labute approximate surface area is 198 Å². The predicted molar refractivity (Wildman–Crippen MR) is 127 cm³/mol. The van der Waals surface area contributed by atoms with Gasteiger partial charge in [0.1, 0.15) is 5.82 Å². The molecule has 0 radical (unpaired) electrons. The van der Waals surface area contributed by atoms with E-state index in [1.165, 1.54) is 12.1 Å². The fourth-order valence-electron chi connectivity index (χ4n) is 3.96. The first-order valence-corrected chi connectivity index (χ1v) is 11.5. The Morgan fingerprint density at radius 1 is 1.15 bits per heavy atom. The highest BCUT2D eigenvalue weighted by molar-refractivity contribution is 5.76. The third-order valence-electron chi connectivity index (χ3n) is 5.81. The van der Waals surface area contributed by atoms with Crippen LogP contribution in [0, 0.1) is 17.1 Å². The van der Waals surface area contributed by atoms with Crippen molar-refractivity contribution in [1.82, 2.24) is 20.0 Å². The molecule has 0 atom stereocenters. The first-order valence-electron chi connectivity index (χ1n) is 11.5. The maximum Gasteiger partial charge on any atom is 0.220 e. The molecule has 1 aromatic heterocycles. The summed E-state index contributed by atoms with van der Waals surface area (Å²) in [6.07, 6.45) is 1.70. The number of nitrogens with zero attached hydrogens (tertiary/aromatic N) is 4. The van der Waals surface area contributed by atoms with E-state index < -0.39 is 0 Å². The molecule has 0 saturated carbocycles. The molecule has 4 rings (SSSR count). The maximum atomic E-state index is 13.9. The molecule has 1 amide bonds. The lowest BCUT2D eigenvalue weighted by Gasteiger charge is -2.26. The van der Waals surface area contributed by atoms with Crippen LogP contribution in [0.4, 0.5) is 4.39 Å². The van der Waals surface area contributed by atoms with Crippen molar-refractivity contribution in [1.29, 1.82) is 5.26 Å². The quantitative estimate of drug-likeness (QED) is 0.495. The second-order valence-corrected chi connectivity index (χ2v) is 8.26. The maximum absolute atomic E-state index is 13.9. The van der Waals surface area contributed by atoms with E-state index in [1.807, 2.05) is 12.1 Å². The van der Waals surface area contributed by atoms with Gasteiger partial charge >= 0.3 is 0 Å². The smallest absolute Gasteiger partial charge is 0.220 e. The van der Waals surface area contributed by atoms with Gasteiger partial charge in [-0.1, -0.05) is 12.1 Å². The van der Waals surface area contributed by atoms with E-state index >= 15 is 0 Å². The summed E-state index contributed by atoms with van der Waals surface area (Å²) >= 11 is 0. The molecule has 0 unspecified atom stereocenters. The first kappa shape index (κ1) is 23.6. The molecule has 3 aromatic rings. The van der Waals surface area contributed by atoms with Gasteiger partial charge in [-0.3, -0.25) is 9.69 Å². The highest BCUT2D eigenvalue weighted by atomic mass is 19.1. The number of aryl methyl sites for hydroxylation is 1. The monoisotopic (exact) mass is 461 g/mol. The average Bonchev–Trinajstić information content (AvgIpc) is 3.30. The molecule has 1 fully saturated rings. The minimum absolute atomic E-state index is 0.0118. The molecule has 2 aromatic carbocycles. The summed E-state index contributed by atoms with van der Waals surface area (Å²) in [5.41, 5.74) is 3.47. The van der Waals surface area contributed by atoms with Gasteiger partial charge < -0.3 is 10.1 Å². The van der Waals surface area contributed by atoms with Crippen LogP contribution in [-0.4, -0.2) is 60.0 Å². The topological polar surface area (TPSA) is 83.2 Å². The Kier molecular flexibility index (Phi) is 8.02. The van der Waals surface area contributed by atoms with Crippen molar-refractivity contribution in [2.24, 2.45) is 0 Å². The molecule has 2 heterocycles. The average molecular weight is 462 g/mol. The minimum Gasteiger partial charge on any atom is -0.379 e. The molecule has 0 bridgehead atoms. The van der Waals surface area contributed by atoms with Crippen LogP contribution >= 0.6 is 0 Å². The second-order valence-electron chi connectivity index (χ2n) is 8.26. The van der Waals surface area contributed by atoms with E-state index in [-0.39, 0.29) is 11.7 Å². The predicted octanol–water partition coefficient (Wildman–Crippen LogP) is 3.32. The van der Waals surface area contributed by atoms with Gasteiger partial charge in [0.15, 0.2) is 0 Å². The van der Waals surface area contributed by atoms with E-state index in [0.717, 1.165) is 56.3 Å². The fraction of sp³-hybridized carbons (Fsp3) is 0.346. The number of nitrogens with one attached hydrogen (secondary N) is 1. The first-order chi connectivity index (χ1) is 16.6. The zero-order valence-electron chi connectivity index (χ0n) is 19.0. The van der Waals surface area contributed by atoms with Gasteiger partial charge in [-0.05, 0) is 55.4 Å². The van der Waals surface area contributed by atoms with Crippen LogP contribution in [-0.2, 0) is 16.0 Å². The number of ether oxygens (including phenoxy) is 1. The highest BCUT2D eigenvalue weighted by Crippen LogP contribution is 2.25. The van der Waals surface area contributed by atoms with Crippen LogP contribution in [0.25, 0.3) is 16.9 Å². The zero-order chi connectivity index (χ0) is 23.8. The van der Waals surface area contributed by atoms with Gasteiger partial charge in [0.25, 0.3) is 0 Å². The summed E-state index contributed by atoms with van der Waals surface area (Å²) in [7, 11) is 0. The Morgan fingerprint density at radius 3 is 2.68 bits per heavy atom. The lowest BCUT2D eigenvalue weighted by atomic mass is 10.1. The van der Waals surface area contributed by atoms with Crippen LogP contribution in [0.2, 0.25) is 0 Å². The number of hydrogen-bond acceptors (Lipinski definition) is 5. The van der Waals surface area contributed by atoms with Gasteiger partial charge in [0.2, 0.25) is 5.91 Å². The summed E-state index contributed by atoms with van der Waals surface area (Å²) < 4.78 is 21.0. The normalized spacial score (nSPS) is 14.0. The zero-order valence-corrected chi connectivity index (χ0v) is 19.0. The number of nitriles is 1. The van der Waals surface area contributed by atoms with Gasteiger partial charge in [-0.25, -0.2) is 9.07 Å². The van der Waals surface area contributed by atoms with E-state index in [1.54, 1.807) is 35.0 Å². The summed E-state index contributed by atoms with van der Waals surface area (Å²) in [5.74, 6) is -0.342. The number of benzene rings is 2. The van der Waals surface area contributed by atoms with Crippen molar-refractivity contribution in [2.45, 2.75) is 19.3 Å². The lowest BCUT2D eigenvalue weighted by molar-refractivity contribution is -0.121. The van der Waals surface area contributed by atoms with Crippen molar-refractivity contribution >= 4 is 5.91 Å². The third kappa shape index (κ3) is 6.28. The van der Waals surface area contributed by atoms with Crippen molar-refractivity contribution < 1.29 is 13.9 Å². The van der Waals surface area contributed by atoms with Gasteiger partial charge in [-0.2, -0.15) is 10.4 Å². The van der Waals surface area contributed by atoms with Gasteiger partial charge in [0, 0.05) is 38.0 Å². The molecule has 7 nitrogen and oxygen atoms in total. The van der Waals surface area contributed by atoms with Crippen LogP contribution in [0.1, 0.15) is 24.1 Å². The molecule has 176 valence electrons. The molecule has 34 heavy (non-hydrogen) atoms. The highest BCUT2D eigenvalue weighted by Gasteiger charge is 2.14. The standard InChI is InChI=1S/C26H28FN5O2/c27-22-4-1-3-21(17-22)25-18-23(30-32(25)24-8-5-20(19-28)6-9-24)7-10-26(33)29-11-2-12-31-13-15-34-16-14-31/h1,3-6,8-9,17-18H,2,7,10-16H2,(H,29,33). The van der Waals surface area contributed by atoms with E-state index in [4.69, 9.17) is 10.00 Å². The SMILES string of the molecule is N#Cc1ccc(-n2nc(CCC(=O)NCCCN3CCOCC3)cc2-c2cccc(F)c2)cc1. The van der Waals surface area contributed by atoms with Crippen LogP contribution in [0.15, 0.2) is 54.6 Å². The molecular formula is C26H28FN5O2. The molecule has 1 saturated heterocycles. The van der Waals surface area contributed by atoms with Gasteiger partial charge in [0.05, 0.1) is 41.9 Å². The largest absolute Gasteiger partial charge is 0.379 e. The van der Waals surface area contributed by atoms with Crippen LogP contribution < -0.4 is 5.32 Å². The Bertz CT molecular complexity index is 1150. The van der Waals surface area contributed by atoms with E-state index in [2.05, 4.69) is 21.4 Å². The Hall–Kier alpha value is -3.54. The molecule has 8 heteroatoms. The number of carbonyl (C=O) groups excluding carboxylic acids is 1. The molecule has 0 aliphatic carbocycles. The van der Waals surface area contributed by atoms with Crippen LogP contribution in [0.5, 0.6) is 0 Å². The fourth-order valence-corrected chi connectivity index (χ4v) is 3.96. The third-order valence-corrected chi connectivity index (χ3v) is 5.81. The van der Waals surface area contributed by atoms with Crippen molar-refractivity contribution in [2.75, 3.05) is 39.4 Å². The Morgan fingerprint density at radius 2 is 1.94 bits per heavy atom. The lowest BCUT2D eigenvalue weighted by Crippen LogP contribution is -2.38. The summed E-state index contributed by atoms with van der Waals surface area (Å²) in [4.78, 5) is 14.7. The number of hydrogen-bond donors (Lipinski definition) is 1. The van der Waals surface area contributed by atoms with E-state index in [0.29, 0.717) is 30.5 Å². The molecule has 0 spiro atoms. The number of carbonyl (C=O) groups is 1. The van der Waals surface area contributed by atoms with Crippen LogP contribution in [0.3, 0.4) is 0 Å². The van der Waals surface area contributed by atoms with Crippen molar-refractivity contribution in [3.8, 4) is 23.0 Å². The number of amides is 1. The van der Waals surface area contributed by atoms with Crippen molar-refractivity contribution in [3.05, 3.63) is 71.7 Å². The second kappa shape index (κ2) is 11.5. The molecule has 1 N–H and O–H groups in total. The number of aromatic nitrogens is 2. The Balaban J connectivity index is 1.39. The molecule has 1 aliphatic heterocycles. The number of halogens is 1. The van der Waals surface area contributed by atoms with E-state index in [9.17, 15) is 9.18 Å². The van der Waals surface area contributed by atoms with Crippen molar-refractivity contribution in [3.63, 3.8) is 0 Å². The summed E-state index contributed by atoms with van der Waals surface area (Å²) in [6.45, 7) is 5.05. The molecular weight excluding hydrogens is 433 g/mol. The minimum atomic E-state index is -0.330. The number of morpholine rings is 1.